The minimum Gasteiger partial charge on any atom is -0.396 e. The first-order valence-corrected chi connectivity index (χ1v) is 7.21. The molecule has 1 amide bonds. The molecule has 0 radical (unpaired) electrons. The van der Waals surface area contributed by atoms with Crippen molar-refractivity contribution >= 4 is 5.91 Å². The van der Waals surface area contributed by atoms with Gasteiger partial charge in [0.2, 0.25) is 0 Å². The predicted octanol–water partition coefficient (Wildman–Crippen LogP) is 1.51. The van der Waals surface area contributed by atoms with E-state index in [1.54, 1.807) is 17.1 Å². The number of aliphatic hydroxyl groups excluding tert-OH is 1. The third-order valence-corrected chi connectivity index (χ3v) is 3.56. The molecule has 1 heterocycles. The highest BCUT2D eigenvalue weighted by molar-refractivity contribution is 5.90. The van der Waals surface area contributed by atoms with Crippen LogP contribution >= 0.6 is 0 Å². The fourth-order valence-corrected chi connectivity index (χ4v) is 2.32. The molecule has 0 saturated heterocycles. The zero-order valence-electron chi connectivity index (χ0n) is 12.6. The molecule has 2 aromatic rings. The van der Waals surface area contributed by atoms with Crippen LogP contribution < -0.4 is 5.73 Å². The summed E-state index contributed by atoms with van der Waals surface area (Å²) in [5.74, 6) is -0.570. The van der Waals surface area contributed by atoms with Crippen LogP contribution in [0.25, 0.3) is 0 Å². The van der Waals surface area contributed by atoms with Crippen molar-refractivity contribution < 1.29 is 14.6 Å². The van der Waals surface area contributed by atoms with Crippen molar-refractivity contribution in [2.75, 3.05) is 6.61 Å². The molecule has 118 valence electrons. The maximum atomic E-state index is 11.1. The number of rotatable bonds is 8. The summed E-state index contributed by atoms with van der Waals surface area (Å²) >= 11 is 0. The number of hydrogen-bond acceptors (Lipinski definition) is 4. The molecule has 2 rings (SSSR count). The number of aliphatic hydroxyl groups is 1. The summed E-state index contributed by atoms with van der Waals surface area (Å²) < 4.78 is 7.66. The van der Waals surface area contributed by atoms with Gasteiger partial charge >= 0.3 is 0 Å². The Labute approximate surface area is 129 Å². The first kappa shape index (κ1) is 16.2. The number of nitrogens with two attached hydrogens (primary N) is 1. The highest BCUT2D eigenvalue weighted by Gasteiger charge is 2.20. The zero-order valence-corrected chi connectivity index (χ0v) is 12.6. The first-order valence-electron chi connectivity index (χ1n) is 7.21. The second-order valence-electron chi connectivity index (χ2n) is 5.15. The summed E-state index contributed by atoms with van der Waals surface area (Å²) in [7, 11) is 0. The average Bonchev–Trinajstić information content (AvgIpc) is 3.01. The van der Waals surface area contributed by atoms with Crippen molar-refractivity contribution in [1.82, 2.24) is 9.55 Å². The predicted molar refractivity (Wildman–Crippen MR) is 82.2 cm³/mol. The number of benzene rings is 1. The van der Waals surface area contributed by atoms with Gasteiger partial charge in [-0.15, -0.1) is 0 Å². The Morgan fingerprint density at radius 3 is 2.73 bits per heavy atom. The van der Waals surface area contributed by atoms with E-state index in [1.165, 1.54) is 0 Å². The molecular weight excluding hydrogens is 282 g/mol. The highest BCUT2D eigenvalue weighted by Crippen LogP contribution is 2.20. The van der Waals surface area contributed by atoms with E-state index < -0.39 is 5.91 Å². The molecule has 6 nitrogen and oxygen atoms in total. The van der Waals surface area contributed by atoms with Crippen molar-refractivity contribution in [3.05, 3.63) is 54.1 Å². The van der Waals surface area contributed by atoms with Gasteiger partial charge in [-0.05, 0) is 18.9 Å². The maximum absolute atomic E-state index is 11.1. The Kier molecular flexibility index (Phi) is 5.68. The summed E-state index contributed by atoms with van der Waals surface area (Å²) in [4.78, 5) is 15.1. The van der Waals surface area contributed by atoms with E-state index in [4.69, 9.17) is 10.5 Å². The van der Waals surface area contributed by atoms with Crippen LogP contribution in [-0.4, -0.2) is 33.3 Å². The van der Waals surface area contributed by atoms with Crippen LogP contribution in [0.2, 0.25) is 0 Å². The van der Waals surface area contributed by atoms with Crippen LogP contribution in [0, 0.1) is 0 Å². The Hall–Kier alpha value is -2.18. The maximum Gasteiger partial charge on any atom is 0.268 e. The van der Waals surface area contributed by atoms with Gasteiger partial charge in [-0.1, -0.05) is 30.3 Å². The zero-order chi connectivity index (χ0) is 15.9. The van der Waals surface area contributed by atoms with E-state index in [0.29, 0.717) is 13.0 Å². The molecule has 1 aromatic heterocycles. The summed E-state index contributed by atoms with van der Waals surface area (Å²) in [6, 6.07) is 9.76. The van der Waals surface area contributed by atoms with E-state index in [2.05, 4.69) is 4.98 Å². The lowest BCUT2D eigenvalue weighted by Crippen LogP contribution is -2.25. The second kappa shape index (κ2) is 7.72. The van der Waals surface area contributed by atoms with Gasteiger partial charge in [-0.3, -0.25) is 4.79 Å². The Morgan fingerprint density at radius 2 is 2.14 bits per heavy atom. The molecule has 1 aromatic carbocycles. The molecule has 0 aliphatic heterocycles. The van der Waals surface area contributed by atoms with E-state index in [9.17, 15) is 9.90 Å². The fourth-order valence-electron chi connectivity index (χ4n) is 2.32. The van der Waals surface area contributed by atoms with E-state index in [-0.39, 0.29) is 24.4 Å². The van der Waals surface area contributed by atoms with Crippen LogP contribution in [0.3, 0.4) is 0 Å². The lowest BCUT2D eigenvalue weighted by molar-refractivity contribution is 0.0103. The molecule has 22 heavy (non-hydrogen) atoms. The lowest BCUT2D eigenvalue weighted by atomic mass is 10.1. The molecular formula is C16H21N3O3. The van der Waals surface area contributed by atoms with Gasteiger partial charge in [-0.2, -0.15) is 0 Å². The van der Waals surface area contributed by atoms with Crippen molar-refractivity contribution in [2.45, 2.75) is 32.1 Å². The summed E-state index contributed by atoms with van der Waals surface area (Å²) in [5.41, 5.74) is 6.51. The largest absolute Gasteiger partial charge is 0.396 e. The van der Waals surface area contributed by atoms with E-state index in [1.807, 2.05) is 37.3 Å². The summed E-state index contributed by atoms with van der Waals surface area (Å²) in [5, 5.41) is 9.27. The SMILES string of the molecule is CC(OCc1ccccc1)C(CCO)n1cnc(C(N)=O)c1. The Morgan fingerprint density at radius 1 is 1.41 bits per heavy atom. The van der Waals surface area contributed by atoms with E-state index in [0.717, 1.165) is 5.56 Å². The van der Waals surface area contributed by atoms with Crippen molar-refractivity contribution in [3.8, 4) is 0 Å². The smallest absolute Gasteiger partial charge is 0.268 e. The molecule has 0 fully saturated rings. The number of carbonyl (C=O) groups is 1. The fraction of sp³-hybridized carbons (Fsp3) is 0.375. The normalized spacial score (nSPS) is 13.7. The number of carbonyl (C=O) groups excluding carboxylic acids is 1. The van der Waals surface area contributed by atoms with Crippen LogP contribution in [-0.2, 0) is 11.3 Å². The number of primary amides is 1. The molecule has 0 aliphatic carbocycles. The first-order chi connectivity index (χ1) is 10.6. The summed E-state index contributed by atoms with van der Waals surface area (Å²) in [6.45, 7) is 2.45. The van der Waals surface area contributed by atoms with Crippen LogP contribution in [0.1, 0.15) is 35.4 Å². The van der Waals surface area contributed by atoms with Gasteiger partial charge in [0.05, 0.1) is 25.1 Å². The quantitative estimate of drug-likeness (QED) is 0.773. The van der Waals surface area contributed by atoms with Gasteiger partial charge in [-0.25, -0.2) is 4.98 Å². The molecule has 0 spiro atoms. The van der Waals surface area contributed by atoms with Crippen molar-refractivity contribution in [3.63, 3.8) is 0 Å². The van der Waals surface area contributed by atoms with Gasteiger partial charge < -0.3 is 20.1 Å². The number of imidazole rings is 1. The minimum atomic E-state index is -0.570. The monoisotopic (exact) mass is 303 g/mol. The molecule has 2 atom stereocenters. The van der Waals surface area contributed by atoms with Gasteiger partial charge in [0.25, 0.3) is 5.91 Å². The Balaban J connectivity index is 2.04. The molecule has 0 saturated carbocycles. The summed E-state index contributed by atoms with van der Waals surface area (Å²) in [6.07, 6.45) is 3.49. The number of ether oxygens (including phenoxy) is 1. The minimum absolute atomic E-state index is 0.0216. The number of hydrogen-bond donors (Lipinski definition) is 2. The molecule has 6 heteroatoms. The topological polar surface area (TPSA) is 90.4 Å². The van der Waals surface area contributed by atoms with Gasteiger partial charge in [0.15, 0.2) is 0 Å². The van der Waals surface area contributed by atoms with Crippen molar-refractivity contribution in [2.24, 2.45) is 5.73 Å². The second-order valence-corrected chi connectivity index (χ2v) is 5.15. The highest BCUT2D eigenvalue weighted by atomic mass is 16.5. The van der Waals surface area contributed by atoms with E-state index >= 15 is 0 Å². The molecule has 0 aliphatic rings. The van der Waals surface area contributed by atoms with Crippen LogP contribution in [0.15, 0.2) is 42.9 Å². The van der Waals surface area contributed by atoms with Crippen LogP contribution in [0.5, 0.6) is 0 Å². The van der Waals surface area contributed by atoms with Crippen LogP contribution in [0.4, 0.5) is 0 Å². The van der Waals surface area contributed by atoms with Crippen molar-refractivity contribution in [1.29, 1.82) is 0 Å². The Bertz CT molecular complexity index is 598. The third-order valence-electron chi connectivity index (χ3n) is 3.56. The van der Waals surface area contributed by atoms with Gasteiger partial charge in [0.1, 0.15) is 5.69 Å². The number of nitrogens with zero attached hydrogens (tertiary/aromatic N) is 2. The number of amides is 1. The third kappa shape index (κ3) is 4.16. The molecule has 2 unspecified atom stereocenters. The lowest BCUT2D eigenvalue weighted by Gasteiger charge is -2.25. The van der Waals surface area contributed by atoms with Gasteiger partial charge in [0, 0.05) is 12.8 Å². The standard InChI is InChI=1S/C16H21N3O3/c1-12(22-10-13-5-3-2-4-6-13)15(7-8-20)19-9-14(16(17)21)18-11-19/h2-6,9,11-12,15,20H,7-8,10H2,1H3,(H2,17,21). The number of aromatic nitrogens is 2. The molecule has 0 bridgehead atoms. The average molecular weight is 303 g/mol. The molecule has 3 N–H and O–H groups in total.